The van der Waals surface area contributed by atoms with E-state index < -0.39 is 5.97 Å². The van der Waals surface area contributed by atoms with Crippen molar-refractivity contribution in [3.05, 3.63) is 34.0 Å². The van der Waals surface area contributed by atoms with Gasteiger partial charge in [-0.3, -0.25) is 0 Å². The minimum Gasteiger partial charge on any atom is -0.507 e. The van der Waals surface area contributed by atoms with E-state index in [1.165, 1.54) is 6.07 Å². The Balaban J connectivity index is 2.68. The lowest BCUT2D eigenvalue weighted by Crippen LogP contribution is -1.95. The summed E-state index contributed by atoms with van der Waals surface area (Å²) < 4.78 is 4.73. The third-order valence-electron chi connectivity index (χ3n) is 3.12. The molecular formula is C14H14ClNO4. The molecular weight excluding hydrogens is 282 g/mol. The second kappa shape index (κ2) is 5.17. The van der Waals surface area contributed by atoms with Gasteiger partial charge in [0.25, 0.3) is 0 Å². The number of rotatable bonds is 3. The molecule has 0 aliphatic heterocycles. The highest BCUT2D eigenvalue weighted by molar-refractivity contribution is 6.32. The van der Waals surface area contributed by atoms with Crippen LogP contribution < -0.4 is 0 Å². The normalized spacial score (nSPS) is 11.1. The minimum atomic E-state index is -1.22. The highest BCUT2D eigenvalue weighted by Crippen LogP contribution is 2.41. The topological polar surface area (TPSA) is 83.6 Å². The molecule has 0 aliphatic carbocycles. The van der Waals surface area contributed by atoms with Crippen molar-refractivity contribution in [2.24, 2.45) is 0 Å². The molecule has 0 saturated carbocycles. The number of aromatic hydroxyl groups is 1. The SMILES string of the molecule is Cc1c(Cl)cc(C(C)C)c(O)c1-c1cc(C(=O)O)on1. The van der Waals surface area contributed by atoms with Gasteiger partial charge in [-0.15, -0.1) is 0 Å². The number of carboxylic acids is 1. The van der Waals surface area contributed by atoms with Crippen molar-refractivity contribution in [1.29, 1.82) is 0 Å². The van der Waals surface area contributed by atoms with Gasteiger partial charge in [-0.25, -0.2) is 4.79 Å². The Labute approximate surface area is 120 Å². The Hall–Kier alpha value is -2.01. The van der Waals surface area contributed by atoms with E-state index in [4.69, 9.17) is 21.2 Å². The Bertz CT molecular complexity index is 676. The van der Waals surface area contributed by atoms with Gasteiger partial charge in [-0.2, -0.15) is 0 Å². The summed E-state index contributed by atoms with van der Waals surface area (Å²) in [4.78, 5) is 10.8. The number of hydrogen-bond acceptors (Lipinski definition) is 4. The van der Waals surface area contributed by atoms with Gasteiger partial charge < -0.3 is 14.7 Å². The first-order valence-electron chi connectivity index (χ1n) is 6.05. The number of benzene rings is 1. The summed E-state index contributed by atoms with van der Waals surface area (Å²) in [6.07, 6.45) is 0. The number of carboxylic acid groups (broad SMARTS) is 1. The maximum Gasteiger partial charge on any atom is 0.374 e. The van der Waals surface area contributed by atoms with Crippen LogP contribution in [0.2, 0.25) is 5.02 Å². The third kappa shape index (κ3) is 2.36. The van der Waals surface area contributed by atoms with Crippen molar-refractivity contribution >= 4 is 17.6 Å². The molecule has 6 heteroatoms. The average Bonchev–Trinajstić information content (AvgIpc) is 2.83. The number of halogens is 1. The summed E-state index contributed by atoms with van der Waals surface area (Å²) in [5.41, 5.74) is 1.95. The van der Waals surface area contributed by atoms with Crippen LogP contribution in [0.1, 0.15) is 41.4 Å². The Morgan fingerprint density at radius 1 is 1.40 bits per heavy atom. The maximum atomic E-state index is 10.8. The van der Waals surface area contributed by atoms with Crippen LogP contribution in [0.3, 0.4) is 0 Å². The predicted molar refractivity (Wildman–Crippen MR) is 74.4 cm³/mol. The van der Waals surface area contributed by atoms with Crippen LogP contribution in [0.25, 0.3) is 11.3 Å². The smallest absolute Gasteiger partial charge is 0.374 e. The van der Waals surface area contributed by atoms with Gasteiger partial charge in [0.05, 0.1) is 5.56 Å². The molecule has 0 bridgehead atoms. The highest BCUT2D eigenvalue weighted by Gasteiger charge is 2.21. The standard InChI is InChI=1S/C14H14ClNO4/c1-6(2)8-4-9(15)7(3)12(13(8)17)10-5-11(14(18)19)20-16-10/h4-6,17H,1-3H3,(H,18,19). The molecule has 1 aromatic heterocycles. The number of nitrogens with zero attached hydrogens (tertiary/aromatic N) is 1. The van der Waals surface area contributed by atoms with Crippen LogP contribution >= 0.6 is 11.6 Å². The molecule has 0 unspecified atom stereocenters. The Morgan fingerprint density at radius 3 is 2.55 bits per heavy atom. The largest absolute Gasteiger partial charge is 0.507 e. The van der Waals surface area contributed by atoms with E-state index in [1.807, 2.05) is 13.8 Å². The molecule has 5 nitrogen and oxygen atoms in total. The lowest BCUT2D eigenvalue weighted by molar-refractivity contribution is 0.0652. The van der Waals surface area contributed by atoms with E-state index in [0.717, 1.165) is 0 Å². The molecule has 0 spiro atoms. The zero-order valence-electron chi connectivity index (χ0n) is 11.3. The number of carbonyl (C=O) groups is 1. The van der Waals surface area contributed by atoms with E-state index in [-0.39, 0.29) is 23.1 Å². The Kier molecular flexibility index (Phi) is 3.72. The zero-order valence-corrected chi connectivity index (χ0v) is 12.0. The van der Waals surface area contributed by atoms with E-state index in [1.54, 1.807) is 13.0 Å². The first-order chi connectivity index (χ1) is 9.32. The number of phenols is 1. The highest BCUT2D eigenvalue weighted by atomic mass is 35.5. The van der Waals surface area contributed by atoms with Crippen LogP contribution in [0.15, 0.2) is 16.7 Å². The summed E-state index contributed by atoms with van der Waals surface area (Å²) >= 11 is 6.17. The second-order valence-electron chi connectivity index (χ2n) is 4.83. The monoisotopic (exact) mass is 295 g/mol. The minimum absolute atomic E-state index is 0.0483. The van der Waals surface area contributed by atoms with Gasteiger partial charge in [0, 0.05) is 11.1 Å². The molecule has 1 heterocycles. The van der Waals surface area contributed by atoms with E-state index in [0.29, 0.717) is 21.7 Å². The van der Waals surface area contributed by atoms with Gasteiger partial charge in [0.1, 0.15) is 11.4 Å². The van der Waals surface area contributed by atoms with E-state index in [9.17, 15) is 9.90 Å². The van der Waals surface area contributed by atoms with Crippen molar-refractivity contribution in [2.75, 3.05) is 0 Å². The number of hydrogen-bond donors (Lipinski definition) is 2. The maximum absolute atomic E-state index is 10.8. The zero-order chi connectivity index (χ0) is 15.0. The number of aromatic nitrogens is 1. The van der Waals surface area contributed by atoms with Gasteiger partial charge in [-0.05, 0) is 30.0 Å². The van der Waals surface area contributed by atoms with E-state index >= 15 is 0 Å². The van der Waals surface area contributed by atoms with Crippen LogP contribution in [0.4, 0.5) is 0 Å². The summed E-state index contributed by atoms with van der Waals surface area (Å²) in [6.45, 7) is 5.59. The molecule has 2 rings (SSSR count). The molecule has 0 atom stereocenters. The van der Waals surface area contributed by atoms with E-state index in [2.05, 4.69) is 5.16 Å². The fourth-order valence-electron chi connectivity index (χ4n) is 2.00. The molecule has 0 fully saturated rings. The molecule has 20 heavy (non-hydrogen) atoms. The van der Waals surface area contributed by atoms with Gasteiger partial charge in [-0.1, -0.05) is 30.6 Å². The fraction of sp³-hybridized carbons (Fsp3) is 0.286. The molecule has 0 aliphatic rings. The first-order valence-corrected chi connectivity index (χ1v) is 6.43. The number of aromatic carboxylic acids is 1. The first kappa shape index (κ1) is 14.4. The average molecular weight is 296 g/mol. The molecule has 0 radical (unpaired) electrons. The van der Waals surface area contributed by atoms with Crippen molar-refractivity contribution in [1.82, 2.24) is 5.16 Å². The molecule has 106 valence electrons. The van der Waals surface area contributed by atoms with Gasteiger partial charge in [0.2, 0.25) is 5.76 Å². The summed E-state index contributed by atoms with van der Waals surface area (Å²) in [5.74, 6) is -1.39. The molecule has 2 aromatic rings. The summed E-state index contributed by atoms with van der Waals surface area (Å²) in [6, 6.07) is 2.98. The van der Waals surface area contributed by atoms with Gasteiger partial charge in [0.15, 0.2) is 0 Å². The quantitative estimate of drug-likeness (QED) is 0.899. The third-order valence-corrected chi connectivity index (χ3v) is 3.52. The second-order valence-corrected chi connectivity index (χ2v) is 5.24. The predicted octanol–water partition coefficient (Wildman–Crippen LogP) is 3.83. The summed E-state index contributed by atoms with van der Waals surface area (Å²) in [7, 11) is 0. The van der Waals surface area contributed by atoms with Crippen molar-refractivity contribution in [3.8, 4) is 17.0 Å². The van der Waals surface area contributed by atoms with Gasteiger partial charge >= 0.3 is 5.97 Å². The van der Waals surface area contributed by atoms with Crippen molar-refractivity contribution < 1.29 is 19.5 Å². The molecule has 0 saturated heterocycles. The summed E-state index contributed by atoms with van der Waals surface area (Å²) in [5, 5.41) is 23.4. The lowest BCUT2D eigenvalue weighted by Gasteiger charge is -2.15. The Morgan fingerprint density at radius 2 is 2.05 bits per heavy atom. The molecule has 0 amide bonds. The lowest BCUT2D eigenvalue weighted by atomic mass is 9.94. The van der Waals surface area contributed by atoms with Crippen LogP contribution in [0.5, 0.6) is 5.75 Å². The molecule has 2 N–H and O–H groups in total. The van der Waals surface area contributed by atoms with Crippen molar-refractivity contribution in [3.63, 3.8) is 0 Å². The van der Waals surface area contributed by atoms with Crippen molar-refractivity contribution in [2.45, 2.75) is 26.7 Å². The van der Waals surface area contributed by atoms with Crippen LogP contribution in [-0.4, -0.2) is 21.3 Å². The molecule has 1 aromatic carbocycles. The fourth-order valence-corrected chi connectivity index (χ4v) is 2.21. The van der Waals surface area contributed by atoms with Crippen LogP contribution in [-0.2, 0) is 0 Å². The van der Waals surface area contributed by atoms with Crippen LogP contribution in [0, 0.1) is 6.92 Å². The number of phenolic OH excluding ortho intramolecular Hbond substituents is 1.